The van der Waals surface area contributed by atoms with Crippen molar-refractivity contribution in [3.8, 4) is 0 Å². The van der Waals surface area contributed by atoms with E-state index in [9.17, 15) is 4.79 Å². The molecule has 1 amide bonds. The minimum absolute atomic E-state index is 0.259. The van der Waals surface area contributed by atoms with Gasteiger partial charge in [0.25, 0.3) is 5.91 Å². The van der Waals surface area contributed by atoms with Crippen molar-refractivity contribution in [2.75, 3.05) is 5.32 Å². The molecular formula is C25H25ClN4O. The zero-order chi connectivity index (χ0) is 21.8. The Morgan fingerprint density at radius 3 is 2.58 bits per heavy atom. The highest BCUT2D eigenvalue weighted by Gasteiger charge is 2.18. The second-order valence-corrected chi connectivity index (χ2v) is 8.01. The van der Waals surface area contributed by atoms with Crippen molar-refractivity contribution in [3.63, 3.8) is 0 Å². The molecule has 158 valence electrons. The lowest BCUT2D eigenvalue weighted by molar-refractivity contribution is 0.102. The molecule has 0 saturated heterocycles. The summed E-state index contributed by atoms with van der Waals surface area (Å²) in [6, 6.07) is 17.3. The molecule has 2 aromatic heterocycles. The van der Waals surface area contributed by atoms with Gasteiger partial charge in [-0.2, -0.15) is 0 Å². The predicted octanol–water partition coefficient (Wildman–Crippen LogP) is 6.04. The minimum atomic E-state index is -0.259. The summed E-state index contributed by atoms with van der Waals surface area (Å²) >= 11 is 6.18. The van der Waals surface area contributed by atoms with Gasteiger partial charge in [0.2, 0.25) is 0 Å². The van der Waals surface area contributed by atoms with E-state index in [1.165, 1.54) is 5.56 Å². The number of unbranched alkanes of at least 4 members (excludes halogenated alkanes) is 1. The van der Waals surface area contributed by atoms with E-state index in [1.807, 2.05) is 25.1 Å². The average molecular weight is 433 g/mol. The van der Waals surface area contributed by atoms with E-state index in [-0.39, 0.29) is 5.91 Å². The Bertz CT molecular complexity index is 1220. The maximum atomic E-state index is 12.7. The number of aromatic nitrogens is 3. The normalized spacial score (nSPS) is 11.1. The van der Waals surface area contributed by atoms with Gasteiger partial charge < -0.3 is 9.88 Å². The lowest BCUT2D eigenvalue weighted by atomic mass is 10.2. The molecule has 0 aliphatic carbocycles. The van der Waals surface area contributed by atoms with Crippen LogP contribution in [0.5, 0.6) is 0 Å². The van der Waals surface area contributed by atoms with Gasteiger partial charge in [-0.1, -0.05) is 67.4 Å². The fourth-order valence-electron chi connectivity index (χ4n) is 3.64. The molecule has 31 heavy (non-hydrogen) atoms. The summed E-state index contributed by atoms with van der Waals surface area (Å²) in [6.45, 7) is 4.86. The third kappa shape index (κ3) is 4.47. The number of benzene rings is 2. The van der Waals surface area contributed by atoms with Crippen molar-refractivity contribution in [1.82, 2.24) is 14.5 Å². The first-order valence-electron chi connectivity index (χ1n) is 10.5. The van der Waals surface area contributed by atoms with Crippen molar-refractivity contribution in [2.45, 2.75) is 39.7 Å². The van der Waals surface area contributed by atoms with Gasteiger partial charge in [-0.05, 0) is 31.0 Å². The van der Waals surface area contributed by atoms with E-state index in [1.54, 1.807) is 30.5 Å². The smallest absolute Gasteiger partial charge is 0.257 e. The van der Waals surface area contributed by atoms with Gasteiger partial charge in [0.05, 0.1) is 29.0 Å². The number of carbonyl (C=O) groups excluding carboxylic acids is 1. The number of pyridine rings is 1. The molecule has 0 atom stereocenters. The topological polar surface area (TPSA) is 59.8 Å². The molecule has 2 aromatic carbocycles. The number of anilines is 1. The molecule has 0 bridgehead atoms. The fourth-order valence-corrected chi connectivity index (χ4v) is 3.86. The second-order valence-electron chi connectivity index (χ2n) is 7.61. The maximum absolute atomic E-state index is 12.7. The summed E-state index contributed by atoms with van der Waals surface area (Å²) in [5.74, 6) is 0.760. The summed E-state index contributed by atoms with van der Waals surface area (Å²) in [5.41, 5.74) is 4.83. The molecular weight excluding hydrogens is 408 g/mol. The highest BCUT2D eigenvalue weighted by molar-refractivity contribution is 6.34. The molecule has 0 saturated carbocycles. The molecule has 4 aromatic rings. The zero-order valence-electron chi connectivity index (χ0n) is 17.7. The van der Waals surface area contributed by atoms with E-state index >= 15 is 0 Å². The number of amides is 1. The van der Waals surface area contributed by atoms with Crippen LogP contribution in [0.1, 0.15) is 47.1 Å². The molecule has 6 heteroatoms. The zero-order valence-corrected chi connectivity index (χ0v) is 18.5. The Labute approximate surface area is 187 Å². The number of fused-ring (bicyclic) bond motifs is 1. The van der Waals surface area contributed by atoms with Crippen molar-refractivity contribution < 1.29 is 4.79 Å². The summed E-state index contributed by atoms with van der Waals surface area (Å²) in [4.78, 5) is 22.3. The maximum Gasteiger partial charge on any atom is 0.257 e. The minimum Gasteiger partial charge on any atom is -0.320 e. The number of hydrogen-bond acceptors (Lipinski definition) is 3. The fraction of sp³-hybridized carbons (Fsp3) is 0.240. The molecule has 0 fully saturated rings. The Morgan fingerprint density at radius 2 is 1.84 bits per heavy atom. The van der Waals surface area contributed by atoms with Crippen LogP contribution in [0.3, 0.4) is 0 Å². The van der Waals surface area contributed by atoms with Crippen molar-refractivity contribution in [3.05, 3.63) is 88.3 Å². The third-order valence-corrected chi connectivity index (χ3v) is 5.73. The van der Waals surface area contributed by atoms with Gasteiger partial charge >= 0.3 is 0 Å². The lowest BCUT2D eigenvalue weighted by Gasteiger charge is -2.11. The number of nitrogens with one attached hydrogen (secondary N) is 1. The third-order valence-electron chi connectivity index (χ3n) is 5.40. The van der Waals surface area contributed by atoms with Crippen LogP contribution < -0.4 is 5.32 Å². The van der Waals surface area contributed by atoms with Crippen molar-refractivity contribution in [1.29, 1.82) is 0 Å². The van der Waals surface area contributed by atoms with E-state index < -0.39 is 0 Å². The molecule has 0 aliphatic rings. The van der Waals surface area contributed by atoms with E-state index in [2.05, 4.69) is 33.9 Å². The van der Waals surface area contributed by atoms with Crippen LogP contribution in [0.4, 0.5) is 5.69 Å². The van der Waals surface area contributed by atoms with Gasteiger partial charge in [-0.15, -0.1) is 0 Å². The molecule has 0 aliphatic heterocycles. The Balaban J connectivity index is 1.71. The van der Waals surface area contributed by atoms with Crippen molar-refractivity contribution >= 4 is 34.4 Å². The number of nitrogens with zero attached hydrogens (tertiary/aromatic N) is 3. The predicted molar refractivity (Wildman–Crippen MR) is 126 cm³/mol. The van der Waals surface area contributed by atoms with Crippen LogP contribution in [-0.2, 0) is 13.0 Å². The highest BCUT2D eigenvalue weighted by atomic mass is 35.5. The SMILES string of the molecule is CCCCc1nc2c(C)c(NC(=O)c3ccccc3Cl)cnc2n1Cc1ccccc1. The number of carbonyl (C=O) groups is 1. The van der Waals surface area contributed by atoms with Crippen LogP contribution in [-0.4, -0.2) is 20.4 Å². The molecule has 0 spiro atoms. The van der Waals surface area contributed by atoms with Gasteiger partial charge in [0.15, 0.2) is 5.65 Å². The highest BCUT2D eigenvalue weighted by Crippen LogP contribution is 2.26. The van der Waals surface area contributed by atoms with Gasteiger partial charge in [0, 0.05) is 12.0 Å². The number of aryl methyl sites for hydroxylation is 2. The summed E-state index contributed by atoms with van der Waals surface area (Å²) < 4.78 is 2.19. The first-order chi connectivity index (χ1) is 15.1. The van der Waals surface area contributed by atoms with Crippen LogP contribution in [0.15, 0.2) is 60.8 Å². The molecule has 0 radical (unpaired) electrons. The molecule has 5 nitrogen and oxygen atoms in total. The standard InChI is InChI=1S/C25H25ClN4O/c1-3-4-14-22-29-23-17(2)21(28-25(31)19-12-8-9-13-20(19)26)15-27-24(23)30(22)16-18-10-6-5-7-11-18/h5-13,15H,3-4,14,16H2,1-2H3,(H,28,31). The summed E-state index contributed by atoms with van der Waals surface area (Å²) in [5, 5.41) is 3.36. The second kappa shape index (κ2) is 9.31. The van der Waals surface area contributed by atoms with Gasteiger partial charge in [-0.25, -0.2) is 9.97 Å². The van der Waals surface area contributed by atoms with E-state index in [0.29, 0.717) is 22.8 Å². The molecule has 2 heterocycles. The molecule has 1 N–H and O–H groups in total. The number of imidazole rings is 1. The summed E-state index contributed by atoms with van der Waals surface area (Å²) in [7, 11) is 0. The Hall–Kier alpha value is -3.18. The average Bonchev–Trinajstić information content (AvgIpc) is 3.13. The Morgan fingerprint density at radius 1 is 1.10 bits per heavy atom. The first kappa shape index (κ1) is 21.1. The number of rotatable bonds is 7. The van der Waals surface area contributed by atoms with Crippen LogP contribution in [0.2, 0.25) is 5.02 Å². The molecule has 0 unspecified atom stereocenters. The number of halogens is 1. The lowest BCUT2D eigenvalue weighted by Crippen LogP contribution is -2.13. The molecule has 4 rings (SSSR count). The number of hydrogen-bond donors (Lipinski definition) is 1. The monoisotopic (exact) mass is 432 g/mol. The summed E-state index contributed by atoms with van der Waals surface area (Å²) in [6.07, 6.45) is 4.76. The van der Waals surface area contributed by atoms with E-state index in [0.717, 1.165) is 41.8 Å². The Kier molecular flexibility index (Phi) is 6.33. The van der Waals surface area contributed by atoms with Gasteiger partial charge in [0.1, 0.15) is 11.3 Å². The van der Waals surface area contributed by atoms with Gasteiger partial charge in [-0.3, -0.25) is 4.79 Å². The first-order valence-corrected chi connectivity index (χ1v) is 10.9. The largest absolute Gasteiger partial charge is 0.320 e. The van der Waals surface area contributed by atoms with E-state index in [4.69, 9.17) is 16.6 Å². The van der Waals surface area contributed by atoms with Crippen LogP contribution >= 0.6 is 11.6 Å². The van der Waals surface area contributed by atoms with Crippen LogP contribution in [0, 0.1) is 6.92 Å². The van der Waals surface area contributed by atoms with Crippen LogP contribution in [0.25, 0.3) is 11.2 Å². The van der Waals surface area contributed by atoms with Crippen molar-refractivity contribution in [2.24, 2.45) is 0 Å². The quantitative estimate of drug-likeness (QED) is 0.387.